The summed E-state index contributed by atoms with van der Waals surface area (Å²) < 4.78 is 0. The van der Waals surface area contributed by atoms with Crippen molar-refractivity contribution in [3.8, 4) is 0 Å². The van der Waals surface area contributed by atoms with E-state index in [2.05, 4.69) is 18.7 Å². The van der Waals surface area contributed by atoms with E-state index in [1.54, 1.807) is 0 Å². The van der Waals surface area contributed by atoms with Crippen molar-refractivity contribution in [1.82, 2.24) is 4.90 Å². The summed E-state index contributed by atoms with van der Waals surface area (Å²) in [6.45, 7) is 5.43. The van der Waals surface area contributed by atoms with Gasteiger partial charge in [-0.15, -0.1) is 0 Å². The van der Waals surface area contributed by atoms with E-state index >= 15 is 0 Å². The van der Waals surface area contributed by atoms with Gasteiger partial charge in [0.05, 0.1) is 0 Å². The maximum absolute atomic E-state index is 12.4. The van der Waals surface area contributed by atoms with Crippen LogP contribution in [0.5, 0.6) is 0 Å². The topological polar surface area (TPSA) is 46.3 Å². The fourth-order valence-electron chi connectivity index (χ4n) is 3.68. The van der Waals surface area contributed by atoms with Crippen LogP contribution in [-0.2, 0) is 4.79 Å². The van der Waals surface area contributed by atoms with Gasteiger partial charge >= 0.3 is 0 Å². The highest BCUT2D eigenvalue weighted by atomic mass is 16.2. The Bertz CT molecular complexity index is 290. The maximum Gasteiger partial charge on any atom is 0.223 e. The molecule has 2 aliphatic rings. The number of rotatable bonds is 3. The van der Waals surface area contributed by atoms with Crippen LogP contribution in [-0.4, -0.2) is 29.4 Å². The summed E-state index contributed by atoms with van der Waals surface area (Å²) in [6, 6.07) is 0.811. The lowest BCUT2D eigenvalue weighted by atomic mass is 9.84. The Kier molecular flexibility index (Phi) is 4.66. The molecule has 3 heteroatoms. The van der Waals surface area contributed by atoms with Gasteiger partial charge in [0.2, 0.25) is 5.91 Å². The normalized spacial score (nSPS) is 33.1. The summed E-state index contributed by atoms with van der Waals surface area (Å²) in [6.07, 6.45) is 7.69. The molecular formula is C15H28N2O. The predicted molar refractivity (Wildman–Crippen MR) is 74.1 cm³/mol. The van der Waals surface area contributed by atoms with Crippen molar-refractivity contribution < 1.29 is 4.79 Å². The van der Waals surface area contributed by atoms with Crippen molar-refractivity contribution in [3.05, 3.63) is 0 Å². The van der Waals surface area contributed by atoms with Gasteiger partial charge in [-0.1, -0.05) is 20.3 Å². The lowest BCUT2D eigenvalue weighted by Crippen LogP contribution is -2.40. The average molecular weight is 252 g/mol. The molecule has 3 unspecified atom stereocenters. The Morgan fingerprint density at radius 2 is 2.06 bits per heavy atom. The fourth-order valence-corrected chi connectivity index (χ4v) is 3.68. The van der Waals surface area contributed by atoms with E-state index in [0.29, 0.717) is 29.8 Å². The van der Waals surface area contributed by atoms with Gasteiger partial charge in [0.15, 0.2) is 0 Å². The van der Waals surface area contributed by atoms with Crippen molar-refractivity contribution in [2.75, 3.05) is 6.54 Å². The molecule has 0 aromatic heterocycles. The van der Waals surface area contributed by atoms with Crippen LogP contribution < -0.4 is 5.73 Å². The van der Waals surface area contributed by atoms with Crippen LogP contribution in [0.4, 0.5) is 0 Å². The van der Waals surface area contributed by atoms with E-state index in [9.17, 15) is 4.79 Å². The zero-order valence-corrected chi connectivity index (χ0v) is 11.9. The molecule has 1 aliphatic carbocycles. The second-order valence-corrected chi connectivity index (χ2v) is 6.54. The number of likely N-dealkylation sites (tertiary alicyclic amines) is 1. The van der Waals surface area contributed by atoms with E-state index in [1.807, 2.05) is 0 Å². The average Bonchev–Trinajstić information content (AvgIpc) is 2.77. The quantitative estimate of drug-likeness (QED) is 0.839. The van der Waals surface area contributed by atoms with Crippen LogP contribution in [0.1, 0.15) is 58.8 Å². The standard InChI is InChI=1S/C15H28N2O/c1-11(2)14-7-4-8-17(14)15(18)10-12-5-3-6-13(16)9-12/h11-14H,3-10,16H2,1-2H3. The van der Waals surface area contributed by atoms with E-state index in [-0.39, 0.29) is 0 Å². The number of carbonyl (C=O) groups excluding carboxylic acids is 1. The van der Waals surface area contributed by atoms with E-state index < -0.39 is 0 Å². The van der Waals surface area contributed by atoms with Crippen molar-refractivity contribution in [1.29, 1.82) is 0 Å². The van der Waals surface area contributed by atoms with Crippen molar-refractivity contribution >= 4 is 5.91 Å². The maximum atomic E-state index is 12.4. The molecule has 1 heterocycles. The molecule has 2 rings (SSSR count). The minimum atomic E-state index is 0.330. The SMILES string of the molecule is CC(C)C1CCCN1C(=O)CC1CCCC(N)C1. The molecule has 104 valence electrons. The first-order valence-corrected chi connectivity index (χ1v) is 7.63. The molecule has 2 N–H and O–H groups in total. The zero-order valence-electron chi connectivity index (χ0n) is 11.9. The summed E-state index contributed by atoms with van der Waals surface area (Å²) in [5.41, 5.74) is 6.00. The van der Waals surface area contributed by atoms with Gasteiger partial charge < -0.3 is 10.6 Å². The molecule has 1 aliphatic heterocycles. The van der Waals surface area contributed by atoms with Gasteiger partial charge in [-0.25, -0.2) is 0 Å². The summed E-state index contributed by atoms with van der Waals surface area (Å²) in [7, 11) is 0. The van der Waals surface area contributed by atoms with Crippen LogP contribution in [0.25, 0.3) is 0 Å². The molecule has 3 nitrogen and oxygen atoms in total. The molecule has 2 fully saturated rings. The lowest BCUT2D eigenvalue weighted by molar-refractivity contribution is -0.134. The highest BCUT2D eigenvalue weighted by Crippen LogP contribution is 2.29. The first-order valence-electron chi connectivity index (χ1n) is 7.63. The zero-order chi connectivity index (χ0) is 13.1. The smallest absolute Gasteiger partial charge is 0.223 e. The summed E-state index contributed by atoms with van der Waals surface area (Å²) in [5.74, 6) is 1.50. The van der Waals surface area contributed by atoms with Gasteiger partial charge in [-0.3, -0.25) is 4.79 Å². The Labute approximate surface area is 111 Å². The molecule has 1 saturated carbocycles. The second kappa shape index (κ2) is 6.05. The first kappa shape index (κ1) is 13.9. The molecule has 0 aromatic rings. The Morgan fingerprint density at radius 3 is 2.72 bits per heavy atom. The number of nitrogens with zero attached hydrogens (tertiary/aromatic N) is 1. The Morgan fingerprint density at radius 1 is 1.28 bits per heavy atom. The van der Waals surface area contributed by atoms with E-state index in [0.717, 1.165) is 25.8 Å². The number of nitrogens with two attached hydrogens (primary N) is 1. The fraction of sp³-hybridized carbons (Fsp3) is 0.933. The summed E-state index contributed by atoms with van der Waals surface area (Å²) in [4.78, 5) is 14.6. The summed E-state index contributed by atoms with van der Waals surface area (Å²) >= 11 is 0. The van der Waals surface area contributed by atoms with Crippen LogP contribution in [0.15, 0.2) is 0 Å². The third kappa shape index (κ3) is 3.25. The van der Waals surface area contributed by atoms with Crippen LogP contribution in [0.2, 0.25) is 0 Å². The third-order valence-electron chi connectivity index (χ3n) is 4.68. The molecule has 0 bridgehead atoms. The first-order chi connectivity index (χ1) is 8.58. The van der Waals surface area contributed by atoms with Crippen molar-refractivity contribution in [2.45, 2.75) is 70.9 Å². The lowest BCUT2D eigenvalue weighted by Gasteiger charge is -2.31. The molecule has 18 heavy (non-hydrogen) atoms. The third-order valence-corrected chi connectivity index (χ3v) is 4.68. The minimum absolute atomic E-state index is 0.330. The molecular weight excluding hydrogens is 224 g/mol. The number of hydrogen-bond donors (Lipinski definition) is 1. The molecule has 1 amide bonds. The minimum Gasteiger partial charge on any atom is -0.339 e. The summed E-state index contributed by atoms with van der Waals surface area (Å²) in [5, 5.41) is 0. The van der Waals surface area contributed by atoms with Gasteiger partial charge in [-0.2, -0.15) is 0 Å². The second-order valence-electron chi connectivity index (χ2n) is 6.54. The number of carbonyl (C=O) groups is 1. The van der Waals surface area contributed by atoms with Crippen LogP contribution in [0, 0.1) is 11.8 Å². The van der Waals surface area contributed by atoms with Crippen LogP contribution >= 0.6 is 0 Å². The van der Waals surface area contributed by atoms with Crippen LogP contribution in [0.3, 0.4) is 0 Å². The van der Waals surface area contributed by atoms with E-state index in [4.69, 9.17) is 5.73 Å². The van der Waals surface area contributed by atoms with E-state index in [1.165, 1.54) is 25.7 Å². The Balaban J connectivity index is 1.87. The molecule has 3 atom stereocenters. The predicted octanol–water partition coefficient (Wildman–Crippen LogP) is 2.54. The van der Waals surface area contributed by atoms with Crippen molar-refractivity contribution in [3.63, 3.8) is 0 Å². The number of hydrogen-bond acceptors (Lipinski definition) is 2. The number of amides is 1. The van der Waals surface area contributed by atoms with Gasteiger partial charge in [-0.05, 0) is 43.9 Å². The monoisotopic (exact) mass is 252 g/mol. The van der Waals surface area contributed by atoms with Gasteiger partial charge in [0.1, 0.15) is 0 Å². The van der Waals surface area contributed by atoms with Gasteiger partial charge in [0, 0.05) is 25.0 Å². The molecule has 0 radical (unpaired) electrons. The highest BCUT2D eigenvalue weighted by molar-refractivity contribution is 5.77. The highest BCUT2D eigenvalue weighted by Gasteiger charge is 2.32. The largest absolute Gasteiger partial charge is 0.339 e. The van der Waals surface area contributed by atoms with Gasteiger partial charge in [0.25, 0.3) is 0 Å². The molecule has 0 aromatic carbocycles. The van der Waals surface area contributed by atoms with Crippen molar-refractivity contribution in [2.24, 2.45) is 17.6 Å². The molecule has 0 spiro atoms. The Hall–Kier alpha value is -0.570. The molecule has 1 saturated heterocycles.